The zero-order valence-corrected chi connectivity index (χ0v) is 21.6. The van der Waals surface area contributed by atoms with Gasteiger partial charge in [0, 0.05) is 25.6 Å². The molecule has 0 unspecified atom stereocenters. The van der Waals surface area contributed by atoms with Crippen molar-refractivity contribution in [3.63, 3.8) is 0 Å². The van der Waals surface area contributed by atoms with Gasteiger partial charge in [-0.1, -0.05) is 56.3 Å². The molecule has 7 nitrogen and oxygen atoms in total. The van der Waals surface area contributed by atoms with Crippen LogP contribution in [0.25, 0.3) is 0 Å². The maximum absolute atomic E-state index is 13.3. The van der Waals surface area contributed by atoms with Crippen molar-refractivity contribution >= 4 is 17.8 Å². The van der Waals surface area contributed by atoms with E-state index in [-0.39, 0.29) is 30.3 Å². The van der Waals surface area contributed by atoms with Gasteiger partial charge in [0.25, 0.3) is 5.91 Å². The normalized spacial score (nSPS) is 18.6. The van der Waals surface area contributed by atoms with Gasteiger partial charge in [0.1, 0.15) is 5.54 Å². The molecule has 2 aliphatic rings. The minimum Gasteiger partial charge on any atom is -0.349 e. The maximum atomic E-state index is 13.3. The lowest BCUT2D eigenvalue weighted by atomic mass is 9.87. The minimum atomic E-state index is -4.45. The van der Waals surface area contributed by atoms with E-state index in [0.29, 0.717) is 44.5 Å². The van der Waals surface area contributed by atoms with Gasteiger partial charge in [-0.3, -0.25) is 14.5 Å². The molecule has 4 amide bonds. The molecule has 2 saturated heterocycles. The summed E-state index contributed by atoms with van der Waals surface area (Å²) in [4.78, 5) is 41.6. The molecule has 0 aromatic heterocycles. The SMILES string of the molecule is CC(C)C(=O)N[C@@H](CCN1CCC2(CC1)NC(=O)N(Cc1ccc(C(F)(F)F)cc1)C2=O)c1ccccc1. The van der Waals surface area contributed by atoms with Crippen molar-refractivity contribution in [1.29, 1.82) is 0 Å². The first-order valence-electron chi connectivity index (χ1n) is 12.9. The van der Waals surface area contributed by atoms with Gasteiger partial charge >= 0.3 is 12.2 Å². The molecule has 2 heterocycles. The van der Waals surface area contributed by atoms with Crippen LogP contribution in [0.3, 0.4) is 0 Å². The Hall–Kier alpha value is -3.40. The Kier molecular flexibility index (Phi) is 8.10. The van der Waals surface area contributed by atoms with Crippen LogP contribution in [0, 0.1) is 5.92 Å². The van der Waals surface area contributed by atoms with Crippen LogP contribution in [0.4, 0.5) is 18.0 Å². The molecule has 1 atom stereocenters. The molecule has 204 valence electrons. The highest BCUT2D eigenvalue weighted by atomic mass is 19.4. The third kappa shape index (κ3) is 6.18. The number of imide groups is 1. The molecule has 4 rings (SSSR count). The first-order chi connectivity index (χ1) is 18.0. The Morgan fingerprint density at radius 3 is 2.24 bits per heavy atom. The third-order valence-corrected chi connectivity index (χ3v) is 7.35. The van der Waals surface area contributed by atoms with Crippen LogP contribution in [-0.4, -0.2) is 52.8 Å². The van der Waals surface area contributed by atoms with Gasteiger partial charge in [0.15, 0.2) is 0 Å². The van der Waals surface area contributed by atoms with Gasteiger partial charge in [0.2, 0.25) is 5.91 Å². The van der Waals surface area contributed by atoms with Crippen LogP contribution >= 0.6 is 0 Å². The number of urea groups is 1. The van der Waals surface area contributed by atoms with Crippen LogP contribution in [-0.2, 0) is 22.3 Å². The number of hydrogen-bond acceptors (Lipinski definition) is 4. The zero-order chi connectivity index (χ0) is 27.5. The molecule has 2 aromatic rings. The van der Waals surface area contributed by atoms with E-state index in [2.05, 4.69) is 15.5 Å². The molecule has 2 aromatic carbocycles. The van der Waals surface area contributed by atoms with Crippen LogP contribution in [0.2, 0.25) is 0 Å². The third-order valence-electron chi connectivity index (χ3n) is 7.35. The Morgan fingerprint density at radius 1 is 1.03 bits per heavy atom. The Labute approximate surface area is 220 Å². The molecule has 0 saturated carbocycles. The fourth-order valence-corrected chi connectivity index (χ4v) is 4.96. The zero-order valence-electron chi connectivity index (χ0n) is 21.6. The second-order valence-electron chi connectivity index (χ2n) is 10.4. The maximum Gasteiger partial charge on any atom is 0.416 e. The Bertz CT molecular complexity index is 1140. The number of carbonyl (C=O) groups is 3. The van der Waals surface area contributed by atoms with Crippen molar-refractivity contribution in [1.82, 2.24) is 20.4 Å². The smallest absolute Gasteiger partial charge is 0.349 e. The Balaban J connectivity index is 1.34. The molecule has 0 bridgehead atoms. The monoisotopic (exact) mass is 530 g/mol. The summed E-state index contributed by atoms with van der Waals surface area (Å²) in [7, 11) is 0. The average molecular weight is 531 g/mol. The fraction of sp³-hybridized carbons (Fsp3) is 0.464. The molecular weight excluding hydrogens is 497 g/mol. The number of benzene rings is 2. The summed E-state index contributed by atoms with van der Waals surface area (Å²) in [5.41, 5.74) is -0.288. The summed E-state index contributed by atoms with van der Waals surface area (Å²) in [5.74, 6) is -0.476. The number of nitrogens with one attached hydrogen (secondary N) is 2. The van der Waals surface area contributed by atoms with E-state index in [1.54, 1.807) is 0 Å². The number of alkyl halides is 3. The average Bonchev–Trinajstić information content (AvgIpc) is 3.11. The highest BCUT2D eigenvalue weighted by Gasteiger charge is 2.52. The molecule has 2 N–H and O–H groups in total. The highest BCUT2D eigenvalue weighted by molar-refractivity contribution is 6.07. The van der Waals surface area contributed by atoms with Gasteiger partial charge in [0.05, 0.1) is 18.2 Å². The summed E-state index contributed by atoms with van der Waals surface area (Å²) in [6.07, 6.45) is -2.86. The van der Waals surface area contributed by atoms with Gasteiger partial charge in [-0.25, -0.2) is 4.79 Å². The second-order valence-corrected chi connectivity index (χ2v) is 10.4. The highest BCUT2D eigenvalue weighted by Crippen LogP contribution is 2.32. The van der Waals surface area contributed by atoms with E-state index >= 15 is 0 Å². The summed E-state index contributed by atoms with van der Waals surface area (Å²) < 4.78 is 38.5. The van der Waals surface area contributed by atoms with Crippen molar-refractivity contribution in [2.24, 2.45) is 5.92 Å². The lowest BCUT2D eigenvalue weighted by Crippen LogP contribution is -2.55. The first kappa shape index (κ1) is 27.6. The fourth-order valence-electron chi connectivity index (χ4n) is 4.96. The summed E-state index contributed by atoms with van der Waals surface area (Å²) in [6, 6.07) is 13.6. The molecule has 0 radical (unpaired) electrons. The lowest BCUT2D eigenvalue weighted by molar-refractivity contribution is -0.137. The standard InChI is InChI=1S/C28H33F3N4O3/c1-19(2)24(36)32-23(21-6-4-3-5-7-21)12-15-34-16-13-27(14-17-34)25(37)35(26(38)33-27)18-20-8-10-22(11-9-20)28(29,30)31/h3-11,19,23H,12-18H2,1-2H3,(H,32,36)(H,33,38)/t23-/m0/s1. The van der Waals surface area contributed by atoms with Gasteiger partial charge in [-0.15, -0.1) is 0 Å². The summed E-state index contributed by atoms with van der Waals surface area (Å²) in [6.45, 7) is 5.54. The Morgan fingerprint density at radius 2 is 1.66 bits per heavy atom. The van der Waals surface area contributed by atoms with E-state index in [9.17, 15) is 27.6 Å². The van der Waals surface area contributed by atoms with Crippen LogP contribution < -0.4 is 10.6 Å². The van der Waals surface area contributed by atoms with Gasteiger partial charge < -0.3 is 15.5 Å². The second kappa shape index (κ2) is 11.1. The summed E-state index contributed by atoms with van der Waals surface area (Å²) in [5, 5.41) is 5.98. The number of rotatable bonds is 8. The molecule has 10 heteroatoms. The number of nitrogens with zero attached hydrogens (tertiary/aromatic N) is 2. The van der Waals surface area contributed by atoms with Crippen molar-refractivity contribution in [3.8, 4) is 0 Å². The van der Waals surface area contributed by atoms with Crippen molar-refractivity contribution in [3.05, 3.63) is 71.3 Å². The number of amides is 4. The largest absolute Gasteiger partial charge is 0.416 e. The van der Waals surface area contributed by atoms with Gasteiger partial charge in [-0.2, -0.15) is 13.2 Å². The van der Waals surface area contributed by atoms with E-state index in [4.69, 9.17) is 0 Å². The lowest BCUT2D eigenvalue weighted by Gasteiger charge is -2.37. The molecular formula is C28H33F3N4O3. The number of piperidine rings is 1. The van der Waals surface area contributed by atoms with E-state index < -0.39 is 23.3 Å². The van der Waals surface area contributed by atoms with E-state index in [0.717, 1.165) is 22.6 Å². The van der Waals surface area contributed by atoms with E-state index in [1.807, 2.05) is 44.2 Å². The van der Waals surface area contributed by atoms with Gasteiger partial charge in [-0.05, 0) is 42.5 Å². The van der Waals surface area contributed by atoms with Crippen molar-refractivity contribution < 1.29 is 27.6 Å². The molecule has 2 aliphatic heterocycles. The molecule has 1 spiro atoms. The van der Waals surface area contributed by atoms with Crippen molar-refractivity contribution in [2.45, 2.75) is 57.4 Å². The molecule has 38 heavy (non-hydrogen) atoms. The number of halogens is 3. The molecule has 0 aliphatic carbocycles. The topological polar surface area (TPSA) is 81.8 Å². The van der Waals surface area contributed by atoms with E-state index in [1.165, 1.54) is 12.1 Å². The number of hydrogen-bond donors (Lipinski definition) is 2. The number of carbonyl (C=O) groups excluding carboxylic acids is 3. The van der Waals surface area contributed by atoms with Crippen LogP contribution in [0.5, 0.6) is 0 Å². The summed E-state index contributed by atoms with van der Waals surface area (Å²) >= 11 is 0. The van der Waals surface area contributed by atoms with Crippen LogP contribution in [0.1, 0.15) is 55.8 Å². The predicted octanol–water partition coefficient (Wildman–Crippen LogP) is 4.50. The quantitative estimate of drug-likeness (QED) is 0.493. The first-order valence-corrected chi connectivity index (χ1v) is 12.9. The molecule has 2 fully saturated rings. The predicted molar refractivity (Wildman–Crippen MR) is 136 cm³/mol. The van der Waals surface area contributed by atoms with Crippen LogP contribution in [0.15, 0.2) is 54.6 Å². The van der Waals surface area contributed by atoms with Crippen molar-refractivity contribution in [2.75, 3.05) is 19.6 Å². The minimum absolute atomic E-state index is 0.0103. The number of likely N-dealkylation sites (tertiary alicyclic amines) is 1.